The topological polar surface area (TPSA) is 59.4 Å². The van der Waals surface area contributed by atoms with Gasteiger partial charge in [-0.25, -0.2) is 13.9 Å². The summed E-state index contributed by atoms with van der Waals surface area (Å²) >= 11 is 6.17. The van der Waals surface area contributed by atoms with Crippen molar-refractivity contribution in [3.05, 3.63) is 53.1 Å². The predicted molar refractivity (Wildman–Crippen MR) is 88.1 cm³/mol. The van der Waals surface area contributed by atoms with E-state index in [2.05, 4.69) is 15.0 Å². The summed E-state index contributed by atoms with van der Waals surface area (Å²) in [5, 5.41) is 4.32. The Balaban J connectivity index is 1.77. The zero-order valence-corrected chi connectivity index (χ0v) is 13.0. The van der Waals surface area contributed by atoms with E-state index in [4.69, 9.17) is 17.3 Å². The molecule has 7 heteroatoms. The van der Waals surface area contributed by atoms with Gasteiger partial charge < -0.3 is 10.6 Å². The fraction of sp³-hybridized carbons (Fsp3) is 0.250. The van der Waals surface area contributed by atoms with Crippen LogP contribution in [0, 0.1) is 5.82 Å². The molecule has 0 saturated carbocycles. The minimum Gasteiger partial charge on any atom is -0.394 e. The Morgan fingerprint density at radius 3 is 3.04 bits per heavy atom. The average Bonchev–Trinajstić information content (AvgIpc) is 3.17. The standard InChI is InChI=1S/C16H15ClFN5/c17-15-10(3-1-4-11(15)18)13-5-2-7-22(13)14-6-8-23-16(21-14)12(19)9-20-23/h1,3-4,6,8-9,13H,2,5,7,19H2/t13-/m1/s1. The highest BCUT2D eigenvalue weighted by Gasteiger charge is 2.29. The summed E-state index contributed by atoms with van der Waals surface area (Å²) in [5.74, 6) is 0.409. The Hall–Kier alpha value is -2.34. The number of nitrogens with two attached hydrogens (primary N) is 1. The van der Waals surface area contributed by atoms with Gasteiger partial charge in [0.05, 0.1) is 22.9 Å². The maximum Gasteiger partial charge on any atom is 0.180 e. The molecule has 23 heavy (non-hydrogen) atoms. The number of rotatable bonds is 2. The van der Waals surface area contributed by atoms with Crippen LogP contribution in [0.2, 0.25) is 5.02 Å². The molecule has 1 fully saturated rings. The predicted octanol–water partition coefficient (Wildman–Crippen LogP) is 3.45. The lowest BCUT2D eigenvalue weighted by atomic mass is 10.0. The van der Waals surface area contributed by atoms with Crippen LogP contribution in [0.1, 0.15) is 24.4 Å². The molecule has 3 heterocycles. The van der Waals surface area contributed by atoms with E-state index in [0.717, 1.165) is 30.8 Å². The molecule has 3 aromatic rings. The molecule has 0 unspecified atom stereocenters. The van der Waals surface area contributed by atoms with E-state index in [-0.39, 0.29) is 16.9 Å². The van der Waals surface area contributed by atoms with Gasteiger partial charge in [-0.05, 0) is 30.5 Å². The second-order valence-electron chi connectivity index (χ2n) is 5.65. The largest absolute Gasteiger partial charge is 0.394 e. The van der Waals surface area contributed by atoms with Crippen molar-refractivity contribution in [1.82, 2.24) is 14.6 Å². The number of hydrogen-bond donors (Lipinski definition) is 1. The summed E-state index contributed by atoms with van der Waals surface area (Å²) in [6.07, 6.45) is 5.32. The van der Waals surface area contributed by atoms with Crippen molar-refractivity contribution in [2.45, 2.75) is 18.9 Å². The fourth-order valence-corrected chi connectivity index (χ4v) is 3.43. The van der Waals surface area contributed by atoms with Crippen LogP contribution in [0.25, 0.3) is 5.65 Å². The number of halogens is 2. The third kappa shape index (κ3) is 2.30. The van der Waals surface area contributed by atoms with Crippen molar-refractivity contribution in [3.8, 4) is 0 Å². The molecular formula is C16H15ClFN5. The van der Waals surface area contributed by atoms with Gasteiger partial charge in [0.15, 0.2) is 5.65 Å². The van der Waals surface area contributed by atoms with Crippen LogP contribution < -0.4 is 10.6 Å². The molecule has 118 valence electrons. The number of aromatic nitrogens is 3. The van der Waals surface area contributed by atoms with Crippen molar-refractivity contribution >= 4 is 28.8 Å². The van der Waals surface area contributed by atoms with Crippen molar-refractivity contribution in [3.63, 3.8) is 0 Å². The van der Waals surface area contributed by atoms with Gasteiger partial charge in [0, 0.05) is 12.7 Å². The van der Waals surface area contributed by atoms with Crippen LogP contribution in [-0.4, -0.2) is 21.1 Å². The summed E-state index contributed by atoms with van der Waals surface area (Å²) in [6.45, 7) is 0.842. The molecule has 1 atom stereocenters. The minimum absolute atomic E-state index is 0.0114. The van der Waals surface area contributed by atoms with E-state index >= 15 is 0 Å². The van der Waals surface area contributed by atoms with Crippen molar-refractivity contribution in [2.24, 2.45) is 0 Å². The van der Waals surface area contributed by atoms with Gasteiger partial charge in [-0.1, -0.05) is 23.7 Å². The minimum atomic E-state index is -0.389. The second kappa shape index (κ2) is 5.38. The number of nitrogens with zero attached hydrogens (tertiary/aromatic N) is 4. The molecule has 2 aromatic heterocycles. The van der Waals surface area contributed by atoms with E-state index in [9.17, 15) is 4.39 Å². The zero-order valence-electron chi connectivity index (χ0n) is 12.3. The highest BCUT2D eigenvalue weighted by molar-refractivity contribution is 6.31. The third-order valence-electron chi connectivity index (χ3n) is 4.27. The molecule has 0 spiro atoms. The summed E-state index contributed by atoms with van der Waals surface area (Å²) < 4.78 is 15.4. The Morgan fingerprint density at radius 2 is 2.17 bits per heavy atom. The molecule has 0 bridgehead atoms. The van der Waals surface area contributed by atoms with Crippen LogP contribution >= 0.6 is 11.6 Å². The number of benzene rings is 1. The van der Waals surface area contributed by atoms with Gasteiger partial charge in [-0.15, -0.1) is 0 Å². The van der Waals surface area contributed by atoms with E-state index in [0.29, 0.717) is 11.3 Å². The molecule has 2 N–H and O–H groups in total. The number of anilines is 2. The first-order chi connectivity index (χ1) is 11.1. The molecular weight excluding hydrogens is 317 g/mol. The maximum atomic E-state index is 13.8. The van der Waals surface area contributed by atoms with E-state index in [1.165, 1.54) is 6.07 Å². The monoisotopic (exact) mass is 331 g/mol. The lowest BCUT2D eigenvalue weighted by Gasteiger charge is -2.27. The van der Waals surface area contributed by atoms with Crippen LogP contribution in [0.5, 0.6) is 0 Å². The van der Waals surface area contributed by atoms with Crippen molar-refractivity contribution < 1.29 is 4.39 Å². The highest BCUT2D eigenvalue weighted by atomic mass is 35.5. The number of fused-ring (bicyclic) bond motifs is 1. The molecule has 1 saturated heterocycles. The van der Waals surface area contributed by atoms with Crippen molar-refractivity contribution in [2.75, 3.05) is 17.2 Å². The van der Waals surface area contributed by atoms with Gasteiger partial charge in [0.25, 0.3) is 0 Å². The van der Waals surface area contributed by atoms with Crippen molar-refractivity contribution in [1.29, 1.82) is 0 Å². The smallest absolute Gasteiger partial charge is 0.180 e. The lowest BCUT2D eigenvalue weighted by molar-refractivity contribution is 0.618. The summed E-state index contributed by atoms with van der Waals surface area (Å²) in [6, 6.07) is 6.85. The van der Waals surface area contributed by atoms with Crippen LogP contribution in [0.15, 0.2) is 36.7 Å². The number of hydrogen-bond acceptors (Lipinski definition) is 4. The highest BCUT2D eigenvalue weighted by Crippen LogP contribution is 2.39. The number of nitrogen functional groups attached to an aromatic ring is 1. The van der Waals surface area contributed by atoms with Gasteiger partial charge >= 0.3 is 0 Å². The quantitative estimate of drug-likeness (QED) is 0.781. The molecule has 4 rings (SSSR count). The van der Waals surface area contributed by atoms with Gasteiger partial charge in [0.1, 0.15) is 11.6 Å². The first kappa shape index (κ1) is 14.3. The van der Waals surface area contributed by atoms with Crippen LogP contribution in [-0.2, 0) is 0 Å². The summed E-state index contributed by atoms with van der Waals surface area (Å²) in [4.78, 5) is 6.76. The Labute approximate surface area is 137 Å². The Morgan fingerprint density at radius 1 is 1.30 bits per heavy atom. The molecule has 0 radical (unpaired) electrons. The normalized spacial score (nSPS) is 18.0. The molecule has 0 aliphatic carbocycles. The van der Waals surface area contributed by atoms with Crippen LogP contribution in [0.4, 0.5) is 15.9 Å². The van der Waals surface area contributed by atoms with Gasteiger partial charge in [-0.3, -0.25) is 0 Å². The Kier molecular flexibility index (Phi) is 3.34. The molecule has 5 nitrogen and oxygen atoms in total. The first-order valence-electron chi connectivity index (χ1n) is 7.45. The maximum absolute atomic E-state index is 13.8. The summed E-state index contributed by atoms with van der Waals surface area (Å²) in [7, 11) is 0. The molecule has 0 amide bonds. The summed E-state index contributed by atoms with van der Waals surface area (Å²) in [5.41, 5.74) is 7.85. The molecule has 1 aliphatic rings. The van der Waals surface area contributed by atoms with E-state index in [1.807, 2.05) is 18.3 Å². The Bertz CT molecular complexity index is 878. The van der Waals surface area contributed by atoms with E-state index in [1.54, 1.807) is 16.8 Å². The SMILES string of the molecule is Nc1cnn2ccc(N3CCC[C@@H]3c3cccc(F)c3Cl)nc12. The molecule has 1 aliphatic heterocycles. The average molecular weight is 332 g/mol. The lowest BCUT2D eigenvalue weighted by Crippen LogP contribution is -2.24. The van der Waals surface area contributed by atoms with Gasteiger partial charge in [0.2, 0.25) is 0 Å². The van der Waals surface area contributed by atoms with Gasteiger partial charge in [-0.2, -0.15) is 5.10 Å². The fourth-order valence-electron chi connectivity index (χ4n) is 3.18. The zero-order chi connectivity index (χ0) is 16.0. The second-order valence-corrected chi connectivity index (χ2v) is 6.03. The third-order valence-corrected chi connectivity index (χ3v) is 4.67. The molecule has 1 aromatic carbocycles. The van der Waals surface area contributed by atoms with E-state index < -0.39 is 0 Å². The van der Waals surface area contributed by atoms with Crippen LogP contribution in [0.3, 0.4) is 0 Å². The first-order valence-corrected chi connectivity index (χ1v) is 7.83.